The van der Waals surface area contributed by atoms with Gasteiger partial charge in [-0.05, 0) is 13.3 Å². The van der Waals surface area contributed by atoms with Crippen molar-refractivity contribution in [3.05, 3.63) is 12.7 Å². The zero-order chi connectivity index (χ0) is 9.23. The Labute approximate surface area is 76.0 Å². The van der Waals surface area contributed by atoms with Gasteiger partial charge in [0, 0.05) is 19.7 Å². The van der Waals surface area contributed by atoms with E-state index in [4.69, 9.17) is 4.74 Å². The SMILES string of the molecule is C=CCNCC(C)OCCCC. The van der Waals surface area contributed by atoms with E-state index in [2.05, 4.69) is 25.7 Å². The number of ether oxygens (including phenoxy) is 1. The molecule has 2 heteroatoms. The van der Waals surface area contributed by atoms with E-state index in [1.165, 1.54) is 6.42 Å². The molecule has 0 saturated carbocycles. The molecule has 0 rings (SSSR count). The molecule has 0 saturated heterocycles. The number of hydrogen-bond acceptors (Lipinski definition) is 2. The van der Waals surface area contributed by atoms with Gasteiger partial charge in [0.05, 0.1) is 6.10 Å². The molecular weight excluding hydrogens is 150 g/mol. The smallest absolute Gasteiger partial charge is 0.0671 e. The van der Waals surface area contributed by atoms with E-state index in [1.807, 2.05) is 6.08 Å². The van der Waals surface area contributed by atoms with Gasteiger partial charge in [0.25, 0.3) is 0 Å². The van der Waals surface area contributed by atoms with Gasteiger partial charge in [0.2, 0.25) is 0 Å². The van der Waals surface area contributed by atoms with E-state index < -0.39 is 0 Å². The summed E-state index contributed by atoms with van der Waals surface area (Å²) in [7, 11) is 0. The van der Waals surface area contributed by atoms with E-state index in [9.17, 15) is 0 Å². The minimum Gasteiger partial charge on any atom is -0.377 e. The van der Waals surface area contributed by atoms with Crippen LogP contribution in [0.5, 0.6) is 0 Å². The summed E-state index contributed by atoms with van der Waals surface area (Å²) in [5.41, 5.74) is 0. The Morgan fingerprint density at radius 2 is 2.33 bits per heavy atom. The molecule has 0 radical (unpaired) electrons. The highest BCUT2D eigenvalue weighted by atomic mass is 16.5. The lowest BCUT2D eigenvalue weighted by Gasteiger charge is -2.12. The average molecular weight is 171 g/mol. The fraction of sp³-hybridized carbons (Fsp3) is 0.800. The molecule has 0 aliphatic carbocycles. The molecule has 0 aliphatic heterocycles. The molecular formula is C10H21NO. The molecule has 1 unspecified atom stereocenters. The van der Waals surface area contributed by atoms with Crippen LogP contribution in [0.15, 0.2) is 12.7 Å². The fourth-order valence-electron chi connectivity index (χ4n) is 0.876. The molecule has 0 aromatic rings. The summed E-state index contributed by atoms with van der Waals surface area (Å²) in [6, 6.07) is 0. The minimum atomic E-state index is 0.316. The van der Waals surface area contributed by atoms with Crippen molar-refractivity contribution in [3.8, 4) is 0 Å². The summed E-state index contributed by atoms with van der Waals surface area (Å²) in [6.07, 6.45) is 4.54. The summed E-state index contributed by atoms with van der Waals surface area (Å²) >= 11 is 0. The van der Waals surface area contributed by atoms with Crippen molar-refractivity contribution >= 4 is 0 Å². The van der Waals surface area contributed by atoms with Crippen LogP contribution in [0.4, 0.5) is 0 Å². The summed E-state index contributed by atoms with van der Waals surface area (Å²) < 4.78 is 5.53. The molecule has 1 N–H and O–H groups in total. The van der Waals surface area contributed by atoms with Gasteiger partial charge in [-0.2, -0.15) is 0 Å². The normalized spacial score (nSPS) is 12.8. The van der Waals surface area contributed by atoms with Gasteiger partial charge in [-0.15, -0.1) is 6.58 Å². The van der Waals surface area contributed by atoms with Crippen molar-refractivity contribution in [3.63, 3.8) is 0 Å². The Hall–Kier alpha value is -0.340. The van der Waals surface area contributed by atoms with E-state index >= 15 is 0 Å². The first kappa shape index (κ1) is 11.7. The van der Waals surface area contributed by atoms with E-state index in [1.54, 1.807) is 0 Å². The fourth-order valence-corrected chi connectivity index (χ4v) is 0.876. The largest absolute Gasteiger partial charge is 0.377 e. The van der Waals surface area contributed by atoms with Crippen molar-refractivity contribution in [2.24, 2.45) is 0 Å². The van der Waals surface area contributed by atoms with Gasteiger partial charge in [-0.25, -0.2) is 0 Å². The maximum absolute atomic E-state index is 5.53. The molecule has 0 bridgehead atoms. The van der Waals surface area contributed by atoms with E-state index in [0.717, 1.165) is 26.1 Å². The summed E-state index contributed by atoms with van der Waals surface area (Å²) in [6.45, 7) is 10.5. The second-order valence-electron chi connectivity index (χ2n) is 2.98. The van der Waals surface area contributed by atoms with Crippen molar-refractivity contribution in [1.82, 2.24) is 5.32 Å². The molecule has 0 aromatic heterocycles. The molecule has 72 valence electrons. The number of rotatable bonds is 8. The van der Waals surface area contributed by atoms with Crippen LogP contribution in [0.25, 0.3) is 0 Å². The molecule has 0 aliphatic rings. The van der Waals surface area contributed by atoms with Crippen molar-refractivity contribution < 1.29 is 4.74 Å². The molecule has 12 heavy (non-hydrogen) atoms. The standard InChI is InChI=1S/C10H21NO/c1-4-6-8-12-10(3)9-11-7-5-2/h5,10-11H,2,4,6-9H2,1,3H3. The van der Waals surface area contributed by atoms with Crippen molar-refractivity contribution in [2.75, 3.05) is 19.7 Å². The first-order valence-corrected chi connectivity index (χ1v) is 4.74. The Kier molecular flexibility index (Phi) is 8.51. The third-order valence-electron chi connectivity index (χ3n) is 1.62. The van der Waals surface area contributed by atoms with Gasteiger partial charge in [-0.3, -0.25) is 0 Å². The Morgan fingerprint density at radius 1 is 1.58 bits per heavy atom. The maximum atomic E-state index is 5.53. The van der Waals surface area contributed by atoms with Crippen LogP contribution in [-0.2, 0) is 4.74 Å². The molecule has 0 spiro atoms. The Bertz CT molecular complexity index is 104. The Balaban J connectivity index is 3.09. The first-order chi connectivity index (χ1) is 5.81. The highest BCUT2D eigenvalue weighted by molar-refractivity contribution is 4.70. The number of hydrogen-bond donors (Lipinski definition) is 1. The van der Waals surface area contributed by atoms with Gasteiger partial charge in [-0.1, -0.05) is 19.4 Å². The zero-order valence-corrected chi connectivity index (χ0v) is 8.31. The van der Waals surface area contributed by atoms with Crippen LogP contribution >= 0.6 is 0 Å². The second-order valence-corrected chi connectivity index (χ2v) is 2.98. The topological polar surface area (TPSA) is 21.3 Å². The number of unbranched alkanes of at least 4 members (excludes halogenated alkanes) is 1. The summed E-state index contributed by atoms with van der Waals surface area (Å²) in [4.78, 5) is 0. The van der Waals surface area contributed by atoms with Gasteiger partial charge < -0.3 is 10.1 Å². The van der Waals surface area contributed by atoms with Gasteiger partial charge in [0.1, 0.15) is 0 Å². The summed E-state index contributed by atoms with van der Waals surface area (Å²) in [5, 5.41) is 3.22. The van der Waals surface area contributed by atoms with Crippen LogP contribution in [0.2, 0.25) is 0 Å². The van der Waals surface area contributed by atoms with Crippen LogP contribution in [-0.4, -0.2) is 25.8 Å². The molecule has 0 aromatic carbocycles. The molecule has 0 fully saturated rings. The summed E-state index contributed by atoms with van der Waals surface area (Å²) in [5.74, 6) is 0. The highest BCUT2D eigenvalue weighted by Gasteiger charge is 1.98. The molecule has 0 amide bonds. The minimum absolute atomic E-state index is 0.316. The molecule has 1 atom stereocenters. The number of nitrogens with one attached hydrogen (secondary N) is 1. The van der Waals surface area contributed by atoms with E-state index in [-0.39, 0.29) is 0 Å². The van der Waals surface area contributed by atoms with Crippen molar-refractivity contribution in [1.29, 1.82) is 0 Å². The van der Waals surface area contributed by atoms with Crippen LogP contribution < -0.4 is 5.32 Å². The maximum Gasteiger partial charge on any atom is 0.0671 e. The van der Waals surface area contributed by atoms with Crippen LogP contribution in [0.1, 0.15) is 26.7 Å². The second kappa shape index (κ2) is 8.75. The van der Waals surface area contributed by atoms with Crippen molar-refractivity contribution in [2.45, 2.75) is 32.8 Å². The van der Waals surface area contributed by atoms with Crippen LogP contribution in [0.3, 0.4) is 0 Å². The lowest BCUT2D eigenvalue weighted by Crippen LogP contribution is -2.27. The predicted octanol–water partition coefficient (Wildman–Crippen LogP) is 1.97. The quantitative estimate of drug-likeness (QED) is 0.445. The Morgan fingerprint density at radius 3 is 2.92 bits per heavy atom. The first-order valence-electron chi connectivity index (χ1n) is 4.74. The highest BCUT2D eigenvalue weighted by Crippen LogP contribution is 1.93. The van der Waals surface area contributed by atoms with Gasteiger partial charge in [0.15, 0.2) is 0 Å². The monoisotopic (exact) mass is 171 g/mol. The molecule has 2 nitrogen and oxygen atoms in total. The van der Waals surface area contributed by atoms with E-state index in [0.29, 0.717) is 6.10 Å². The van der Waals surface area contributed by atoms with Gasteiger partial charge >= 0.3 is 0 Å². The predicted molar refractivity (Wildman–Crippen MR) is 53.4 cm³/mol. The third-order valence-corrected chi connectivity index (χ3v) is 1.62. The van der Waals surface area contributed by atoms with Crippen LogP contribution in [0, 0.1) is 0 Å². The third kappa shape index (κ3) is 7.76. The lowest BCUT2D eigenvalue weighted by molar-refractivity contribution is 0.0646. The lowest BCUT2D eigenvalue weighted by atomic mass is 10.3. The average Bonchev–Trinajstić information content (AvgIpc) is 2.06. The zero-order valence-electron chi connectivity index (χ0n) is 8.31. The molecule has 0 heterocycles.